The van der Waals surface area contributed by atoms with Gasteiger partial charge in [0.05, 0.1) is 17.2 Å². The zero-order valence-corrected chi connectivity index (χ0v) is 8.08. The molecule has 0 heterocycles. The van der Waals surface area contributed by atoms with E-state index in [1.165, 1.54) is 12.1 Å². The van der Waals surface area contributed by atoms with E-state index in [-0.39, 0.29) is 10.5 Å². The van der Waals surface area contributed by atoms with Gasteiger partial charge in [-0.1, -0.05) is 0 Å². The number of thiol groups is 1. The average molecular weight is 217 g/mol. The van der Waals surface area contributed by atoms with Gasteiger partial charge < -0.3 is 0 Å². The minimum absolute atomic E-state index is 0.233. The number of hydrogen-bond acceptors (Lipinski definition) is 2. The van der Waals surface area contributed by atoms with Gasteiger partial charge in [0.1, 0.15) is 0 Å². The second kappa shape index (κ2) is 3.54. The molecule has 74 valence electrons. The normalized spacial score (nSPS) is 11.1. The zero-order valence-electron chi connectivity index (χ0n) is 7.18. The third-order valence-electron chi connectivity index (χ3n) is 1.76. The van der Waals surface area contributed by atoms with Crippen LogP contribution in [0.5, 0.6) is 0 Å². The van der Waals surface area contributed by atoms with Crippen LogP contribution in [0.25, 0.3) is 0 Å². The van der Waals surface area contributed by atoms with Crippen LogP contribution in [0, 0.1) is 18.3 Å². The molecular weight excluding hydrogens is 211 g/mol. The Kier molecular flexibility index (Phi) is 2.76. The summed E-state index contributed by atoms with van der Waals surface area (Å²) in [7, 11) is 0. The molecule has 1 rings (SSSR count). The van der Waals surface area contributed by atoms with Crippen molar-refractivity contribution in [3.8, 4) is 6.07 Å². The number of benzene rings is 1. The number of halogens is 3. The van der Waals surface area contributed by atoms with E-state index >= 15 is 0 Å². The molecule has 0 fully saturated rings. The van der Waals surface area contributed by atoms with Crippen LogP contribution in [0.15, 0.2) is 17.0 Å². The highest BCUT2D eigenvalue weighted by atomic mass is 32.1. The number of aryl methyl sites for hydroxylation is 1. The van der Waals surface area contributed by atoms with Crippen molar-refractivity contribution in [3.63, 3.8) is 0 Å². The predicted octanol–water partition coefficient (Wildman–Crippen LogP) is 3.17. The van der Waals surface area contributed by atoms with Gasteiger partial charge in [0, 0.05) is 4.90 Å². The van der Waals surface area contributed by atoms with E-state index in [0.717, 1.165) is 6.07 Å². The molecule has 14 heavy (non-hydrogen) atoms. The zero-order chi connectivity index (χ0) is 10.9. The minimum Gasteiger partial charge on any atom is -0.192 e. The lowest BCUT2D eigenvalue weighted by atomic mass is 10.1. The Morgan fingerprint density at radius 1 is 1.36 bits per heavy atom. The summed E-state index contributed by atoms with van der Waals surface area (Å²) in [6.45, 7) is 1.60. The Labute approximate surface area is 84.6 Å². The summed E-state index contributed by atoms with van der Waals surface area (Å²) in [4.78, 5) is 0.233. The molecule has 0 bridgehead atoms. The Balaban J connectivity index is 3.45. The Morgan fingerprint density at radius 3 is 2.36 bits per heavy atom. The lowest BCUT2D eigenvalue weighted by molar-refractivity contribution is -0.137. The summed E-state index contributed by atoms with van der Waals surface area (Å²) >= 11 is 3.88. The molecule has 1 nitrogen and oxygen atoms in total. The van der Waals surface area contributed by atoms with Crippen molar-refractivity contribution in [3.05, 3.63) is 28.8 Å². The van der Waals surface area contributed by atoms with Crippen LogP contribution in [-0.2, 0) is 6.18 Å². The number of rotatable bonds is 0. The summed E-state index contributed by atoms with van der Waals surface area (Å²) in [6.07, 6.45) is -4.50. The van der Waals surface area contributed by atoms with Gasteiger partial charge in [0.15, 0.2) is 0 Å². The predicted molar refractivity (Wildman–Crippen MR) is 48.1 cm³/mol. The van der Waals surface area contributed by atoms with Crippen LogP contribution in [0.4, 0.5) is 13.2 Å². The molecule has 0 aliphatic carbocycles. The maximum absolute atomic E-state index is 12.4. The van der Waals surface area contributed by atoms with Crippen LogP contribution < -0.4 is 0 Å². The maximum Gasteiger partial charge on any atom is 0.417 e. The summed E-state index contributed by atoms with van der Waals surface area (Å²) in [5.41, 5.74) is -0.749. The Morgan fingerprint density at radius 2 is 1.93 bits per heavy atom. The van der Waals surface area contributed by atoms with E-state index in [2.05, 4.69) is 12.6 Å². The van der Waals surface area contributed by atoms with Crippen molar-refractivity contribution in [2.75, 3.05) is 0 Å². The van der Waals surface area contributed by atoms with E-state index in [0.29, 0.717) is 5.56 Å². The molecule has 0 aromatic heterocycles. The van der Waals surface area contributed by atoms with Crippen molar-refractivity contribution in [1.82, 2.24) is 0 Å². The fourth-order valence-corrected chi connectivity index (χ4v) is 1.22. The molecule has 0 aliphatic rings. The molecule has 0 saturated heterocycles. The topological polar surface area (TPSA) is 23.8 Å². The second-order valence-corrected chi connectivity index (χ2v) is 3.28. The lowest BCUT2D eigenvalue weighted by Gasteiger charge is -2.10. The fraction of sp³-hybridized carbons (Fsp3) is 0.222. The standard InChI is InChI=1S/C9H6F3NS/c1-5-2-6(4-13)7(3-8(5)14)9(10,11)12/h2-3,14H,1H3. The van der Waals surface area contributed by atoms with Gasteiger partial charge >= 0.3 is 6.18 Å². The molecule has 0 radical (unpaired) electrons. The first-order valence-electron chi connectivity index (χ1n) is 3.67. The molecule has 0 N–H and O–H groups in total. The maximum atomic E-state index is 12.4. The van der Waals surface area contributed by atoms with E-state index in [4.69, 9.17) is 5.26 Å². The van der Waals surface area contributed by atoms with E-state index in [1.807, 2.05) is 0 Å². The highest BCUT2D eigenvalue weighted by molar-refractivity contribution is 7.80. The van der Waals surface area contributed by atoms with Gasteiger partial charge in [0.2, 0.25) is 0 Å². The molecule has 1 aromatic carbocycles. The van der Waals surface area contributed by atoms with Crippen LogP contribution in [0.2, 0.25) is 0 Å². The van der Waals surface area contributed by atoms with Gasteiger partial charge in [-0.3, -0.25) is 0 Å². The minimum atomic E-state index is -4.50. The molecule has 5 heteroatoms. The third kappa shape index (κ3) is 2.02. The van der Waals surface area contributed by atoms with E-state index < -0.39 is 11.7 Å². The number of nitrogens with zero attached hydrogens (tertiary/aromatic N) is 1. The molecule has 0 amide bonds. The number of alkyl halides is 3. The number of nitriles is 1. The van der Waals surface area contributed by atoms with Gasteiger partial charge in [-0.05, 0) is 24.6 Å². The summed E-state index contributed by atoms with van der Waals surface area (Å²) in [6, 6.07) is 3.57. The van der Waals surface area contributed by atoms with E-state index in [1.54, 1.807) is 6.92 Å². The first-order valence-corrected chi connectivity index (χ1v) is 4.12. The van der Waals surface area contributed by atoms with E-state index in [9.17, 15) is 13.2 Å². The average Bonchev–Trinajstić information content (AvgIpc) is 2.07. The van der Waals surface area contributed by atoms with Gasteiger partial charge in [0.25, 0.3) is 0 Å². The molecular formula is C9H6F3NS. The van der Waals surface area contributed by atoms with Crippen LogP contribution >= 0.6 is 12.6 Å². The van der Waals surface area contributed by atoms with Crippen LogP contribution in [-0.4, -0.2) is 0 Å². The Bertz CT molecular complexity index is 404. The molecule has 1 aromatic rings. The monoisotopic (exact) mass is 217 g/mol. The lowest BCUT2D eigenvalue weighted by Crippen LogP contribution is -2.08. The molecule has 0 saturated carbocycles. The van der Waals surface area contributed by atoms with Crippen molar-refractivity contribution in [1.29, 1.82) is 5.26 Å². The second-order valence-electron chi connectivity index (χ2n) is 2.79. The largest absolute Gasteiger partial charge is 0.417 e. The smallest absolute Gasteiger partial charge is 0.192 e. The number of hydrogen-bond donors (Lipinski definition) is 1. The van der Waals surface area contributed by atoms with Crippen LogP contribution in [0.1, 0.15) is 16.7 Å². The summed E-state index contributed by atoms with van der Waals surface area (Å²) in [5.74, 6) is 0. The van der Waals surface area contributed by atoms with Gasteiger partial charge in [-0.25, -0.2) is 0 Å². The fourth-order valence-electron chi connectivity index (χ4n) is 1.02. The van der Waals surface area contributed by atoms with Gasteiger partial charge in [-0.15, -0.1) is 12.6 Å². The third-order valence-corrected chi connectivity index (χ3v) is 2.24. The summed E-state index contributed by atoms with van der Waals surface area (Å²) in [5, 5.41) is 8.52. The highest BCUT2D eigenvalue weighted by Gasteiger charge is 2.33. The highest BCUT2D eigenvalue weighted by Crippen LogP contribution is 2.34. The van der Waals surface area contributed by atoms with Crippen LogP contribution in [0.3, 0.4) is 0 Å². The van der Waals surface area contributed by atoms with Crippen molar-refractivity contribution in [2.45, 2.75) is 18.0 Å². The quantitative estimate of drug-likeness (QED) is 0.663. The molecule has 0 spiro atoms. The first kappa shape index (κ1) is 10.9. The summed E-state index contributed by atoms with van der Waals surface area (Å²) < 4.78 is 37.1. The molecule has 0 atom stereocenters. The van der Waals surface area contributed by atoms with Crippen molar-refractivity contribution in [2.24, 2.45) is 0 Å². The molecule has 0 aliphatic heterocycles. The van der Waals surface area contributed by atoms with Gasteiger partial charge in [-0.2, -0.15) is 18.4 Å². The van der Waals surface area contributed by atoms with Crippen molar-refractivity contribution < 1.29 is 13.2 Å². The first-order chi connectivity index (χ1) is 6.36. The SMILES string of the molecule is Cc1cc(C#N)c(C(F)(F)F)cc1S. The Hall–Kier alpha value is -1.15. The molecule has 0 unspecified atom stereocenters. The van der Waals surface area contributed by atoms with Crippen molar-refractivity contribution >= 4 is 12.6 Å².